The van der Waals surface area contributed by atoms with Crippen LogP contribution in [0.15, 0.2) is 24.3 Å². The van der Waals surface area contributed by atoms with E-state index in [4.69, 9.17) is 9.47 Å². The second-order valence-electron chi connectivity index (χ2n) is 3.94. The molecule has 1 N–H and O–H groups in total. The number of hydrogen-bond donors (Lipinski definition) is 1. The Morgan fingerprint density at radius 3 is 2.25 bits per heavy atom. The van der Waals surface area contributed by atoms with Gasteiger partial charge < -0.3 is 14.6 Å². The molecule has 0 amide bonds. The fourth-order valence-corrected chi connectivity index (χ4v) is 1.29. The van der Waals surface area contributed by atoms with Crippen LogP contribution in [0.2, 0.25) is 0 Å². The van der Waals surface area contributed by atoms with Crippen LogP contribution in [0.5, 0.6) is 11.5 Å². The van der Waals surface area contributed by atoms with Crippen molar-refractivity contribution in [3.63, 3.8) is 0 Å². The maximum atomic E-state index is 9.73. The zero-order chi connectivity index (χ0) is 12.0. The lowest BCUT2D eigenvalue weighted by molar-refractivity contribution is 0.0622. The van der Waals surface area contributed by atoms with Crippen molar-refractivity contribution < 1.29 is 14.6 Å². The van der Waals surface area contributed by atoms with Gasteiger partial charge in [-0.2, -0.15) is 0 Å². The summed E-state index contributed by atoms with van der Waals surface area (Å²) in [5, 5.41) is 9.73. The van der Waals surface area contributed by atoms with Crippen molar-refractivity contribution >= 4 is 0 Å². The summed E-state index contributed by atoms with van der Waals surface area (Å²) < 4.78 is 10.5. The molecule has 0 aliphatic carbocycles. The SMILES string of the molecule is CCC(C)C(O)COc1ccc(OC)cc1. The summed E-state index contributed by atoms with van der Waals surface area (Å²) >= 11 is 0. The lowest BCUT2D eigenvalue weighted by Crippen LogP contribution is -2.24. The third-order valence-electron chi connectivity index (χ3n) is 2.78. The summed E-state index contributed by atoms with van der Waals surface area (Å²) in [5.74, 6) is 1.82. The van der Waals surface area contributed by atoms with Crippen LogP contribution in [0.4, 0.5) is 0 Å². The van der Waals surface area contributed by atoms with Gasteiger partial charge in [0.25, 0.3) is 0 Å². The van der Waals surface area contributed by atoms with Gasteiger partial charge >= 0.3 is 0 Å². The lowest BCUT2D eigenvalue weighted by Gasteiger charge is -2.17. The Morgan fingerprint density at radius 2 is 1.75 bits per heavy atom. The van der Waals surface area contributed by atoms with Gasteiger partial charge in [-0.1, -0.05) is 20.3 Å². The normalized spacial score (nSPS) is 14.2. The molecule has 0 radical (unpaired) electrons. The largest absolute Gasteiger partial charge is 0.497 e. The van der Waals surface area contributed by atoms with Gasteiger partial charge in [0.1, 0.15) is 18.1 Å². The van der Waals surface area contributed by atoms with Gasteiger partial charge in [0.05, 0.1) is 13.2 Å². The van der Waals surface area contributed by atoms with Gasteiger partial charge in [-0.25, -0.2) is 0 Å². The quantitative estimate of drug-likeness (QED) is 0.806. The van der Waals surface area contributed by atoms with Crippen molar-refractivity contribution in [2.75, 3.05) is 13.7 Å². The highest BCUT2D eigenvalue weighted by Gasteiger charge is 2.12. The summed E-state index contributed by atoms with van der Waals surface area (Å²) in [5.41, 5.74) is 0. The van der Waals surface area contributed by atoms with E-state index in [1.54, 1.807) is 7.11 Å². The van der Waals surface area contributed by atoms with Crippen molar-refractivity contribution in [1.29, 1.82) is 0 Å². The Bertz CT molecular complexity index is 295. The topological polar surface area (TPSA) is 38.7 Å². The van der Waals surface area contributed by atoms with Gasteiger partial charge in [0, 0.05) is 0 Å². The van der Waals surface area contributed by atoms with Crippen LogP contribution < -0.4 is 9.47 Å². The van der Waals surface area contributed by atoms with Gasteiger partial charge in [-0.3, -0.25) is 0 Å². The number of aliphatic hydroxyl groups is 1. The molecule has 0 fully saturated rings. The maximum Gasteiger partial charge on any atom is 0.119 e. The van der Waals surface area contributed by atoms with Crippen molar-refractivity contribution in [3.05, 3.63) is 24.3 Å². The Labute approximate surface area is 97.0 Å². The van der Waals surface area contributed by atoms with Crippen LogP contribution >= 0.6 is 0 Å². The molecule has 3 heteroatoms. The van der Waals surface area contributed by atoms with Crippen molar-refractivity contribution in [3.8, 4) is 11.5 Å². The van der Waals surface area contributed by atoms with E-state index >= 15 is 0 Å². The molecule has 0 bridgehead atoms. The first kappa shape index (κ1) is 12.8. The zero-order valence-corrected chi connectivity index (χ0v) is 10.1. The fraction of sp³-hybridized carbons (Fsp3) is 0.538. The van der Waals surface area contributed by atoms with Crippen molar-refractivity contribution in [1.82, 2.24) is 0 Å². The standard InChI is InChI=1S/C13H20O3/c1-4-10(2)13(14)9-16-12-7-5-11(15-3)6-8-12/h5-8,10,13-14H,4,9H2,1-3H3. The molecule has 2 unspecified atom stereocenters. The highest BCUT2D eigenvalue weighted by Crippen LogP contribution is 2.18. The summed E-state index contributed by atoms with van der Waals surface area (Å²) in [4.78, 5) is 0. The van der Waals surface area contributed by atoms with Crippen LogP contribution in [0, 0.1) is 5.92 Å². The van der Waals surface area contributed by atoms with Crippen LogP contribution in [0.25, 0.3) is 0 Å². The molecule has 0 aromatic heterocycles. The molecule has 1 aromatic carbocycles. The van der Waals surface area contributed by atoms with Crippen LogP contribution in [0.1, 0.15) is 20.3 Å². The molecule has 0 aliphatic heterocycles. The summed E-state index contributed by atoms with van der Waals surface area (Å²) in [6, 6.07) is 7.35. The van der Waals surface area contributed by atoms with E-state index in [1.807, 2.05) is 31.2 Å². The molecule has 2 atom stereocenters. The molecule has 16 heavy (non-hydrogen) atoms. The first-order chi connectivity index (χ1) is 7.67. The predicted octanol–water partition coefficient (Wildman–Crippen LogP) is 2.48. The molecule has 0 aliphatic rings. The maximum absolute atomic E-state index is 9.73. The third kappa shape index (κ3) is 3.74. The van der Waals surface area contributed by atoms with E-state index in [1.165, 1.54) is 0 Å². The Kier molecular flexibility index (Phi) is 5.12. The predicted molar refractivity (Wildman–Crippen MR) is 64.0 cm³/mol. The molecule has 90 valence electrons. The fourth-order valence-electron chi connectivity index (χ4n) is 1.29. The molecular weight excluding hydrogens is 204 g/mol. The molecule has 0 saturated carbocycles. The molecule has 3 nitrogen and oxygen atoms in total. The monoisotopic (exact) mass is 224 g/mol. The number of ether oxygens (including phenoxy) is 2. The average Bonchev–Trinajstić information content (AvgIpc) is 2.35. The number of hydrogen-bond acceptors (Lipinski definition) is 3. The lowest BCUT2D eigenvalue weighted by atomic mass is 10.0. The van der Waals surface area contributed by atoms with E-state index in [0.29, 0.717) is 6.61 Å². The Morgan fingerprint density at radius 1 is 1.19 bits per heavy atom. The Hall–Kier alpha value is -1.22. The summed E-state index contributed by atoms with van der Waals surface area (Å²) in [6.45, 7) is 4.41. The second kappa shape index (κ2) is 6.38. The number of rotatable bonds is 6. The highest BCUT2D eigenvalue weighted by molar-refractivity contribution is 5.31. The summed E-state index contributed by atoms with van der Waals surface area (Å²) in [6.07, 6.45) is 0.541. The van der Waals surface area contributed by atoms with E-state index in [9.17, 15) is 5.11 Å². The zero-order valence-electron chi connectivity index (χ0n) is 10.1. The van der Waals surface area contributed by atoms with E-state index in [2.05, 4.69) is 6.92 Å². The van der Waals surface area contributed by atoms with E-state index in [0.717, 1.165) is 17.9 Å². The molecule has 1 rings (SSSR count). The third-order valence-corrected chi connectivity index (χ3v) is 2.78. The Balaban J connectivity index is 2.42. The van der Waals surface area contributed by atoms with Crippen LogP contribution in [-0.4, -0.2) is 24.9 Å². The minimum absolute atomic E-state index is 0.262. The first-order valence-electron chi connectivity index (χ1n) is 5.62. The van der Waals surface area contributed by atoms with Crippen molar-refractivity contribution in [2.45, 2.75) is 26.4 Å². The number of methoxy groups -OCH3 is 1. The van der Waals surface area contributed by atoms with Gasteiger partial charge in [-0.15, -0.1) is 0 Å². The first-order valence-corrected chi connectivity index (χ1v) is 5.62. The van der Waals surface area contributed by atoms with Gasteiger partial charge in [0.2, 0.25) is 0 Å². The number of benzene rings is 1. The number of aliphatic hydroxyl groups excluding tert-OH is 1. The second-order valence-corrected chi connectivity index (χ2v) is 3.94. The van der Waals surface area contributed by atoms with Crippen LogP contribution in [0.3, 0.4) is 0 Å². The minimum atomic E-state index is -0.410. The highest BCUT2D eigenvalue weighted by atomic mass is 16.5. The minimum Gasteiger partial charge on any atom is -0.497 e. The van der Waals surface area contributed by atoms with Crippen LogP contribution in [-0.2, 0) is 0 Å². The van der Waals surface area contributed by atoms with E-state index in [-0.39, 0.29) is 5.92 Å². The van der Waals surface area contributed by atoms with Crippen molar-refractivity contribution in [2.24, 2.45) is 5.92 Å². The molecular formula is C13H20O3. The van der Waals surface area contributed by atoms with Gasteiger partial charge in [-0.05, 0) is 30.2 Å². The molecule has 1 aromatic rings. The summed E-state index contributed by atoms with van der Waals surface area (Å²) in [7, 11) is 1.63. The van der Waals surface area contributed by atoms with Gasteiger partial charge in [0.15, 0.2) is 0 Å². The molecule has 0 saturated heterocycles. The van der Waals surface area contributed by atoms with E-state index < -0.39 is 6.10 Å². The molecule has 0 heterocycles. The molecule has 0 spiro atoms. The average molecular weight is 224 g/mol. The smallest absolute Gasteiger partial charge is 0.119 e.